The van der Waals surface area contributed by atoms with E-state index >= 15 is 0 Å². The molecule has 0 aliphatic carbocycles. The Morgan fingerprint density at radius 2 is 1.47 bits per heavy atom. The number of rotatable bonds is 7. The highest BCUT2D eigenvalue weighted by Crippen LogP contribution is 2.54. The predicted octanol–water partition coefficient (Wildman–Crippen LogP) is 7.95. The molecule has 1 aromatic carbocycles. The lowest BCUT2D eigenvalue weighted by Gasteiger charge is -2.44. The van der Waals surface area contributed by atoms with Crippen molar-refractivity contribution in [2.24, 2.45) is 0 Å². The molecule has 1 heterocycles. The summed E-state index contributed by atoms with van der Waals surface area (Å²) in [7, 11) is -1.38. The largest absolute Gasteiger partial charge is 0.392 e. The number of aromatic nitrogens is 1. The Balaban J connectivity index is 0.00000249. The topological polar surface area (TPSA) is 42.4 Å². The van der Waals surface area contributed by atoms with E-state index in [-0.39, 0.29) is 29.0 Å². The molecule has 0 aliphatic rings. The highest BCUT2D eigenvalue weighted by atomic mass is 32.3. The Kier molecular flexibility index (Phi) is 10.4. The van der Waals surface area contributed by atoms with Gasteiger partial charge in [-0.3, -0.25) is 4.98 Å². The summed E-state index contributed by atoms with van der Waals surface area (Å²) >= 11 is 0. The van der Waals surface area contributed by atoms with Gasteiger partial charge in [0.05, 0.1) is 13.2 Å². The monoisotopic (exact) mass is 465 g/mol. The lowest BCUT2D eigenvalue weighted by molar-refractivity contribution is 0.279. The van der Waals surface area contributed by atoms with Crippen LogP contribution < -0.4 is 0 Å². The highest BCUT2D eigenvalue weighted by molar-refractivity contribution is 8.29. The maximum atomic E-state index is 15.0. The van der Waals surface area contributed by atoms with Crippen LogP contribution in [0, 0.1) is 5.82 Å². The van der Waals surface area contributed by atoms with Gasteiger partial charge in [-0.2, -0.15) is 0 Å². The molecule has 32 heavy (non-hydrogen) atoms. The first-order valence-electron chi connectivity index (χ1n) is 11.6. The zero-order valence-electron chi connectivity index (χ0n) is 22.0. The molecule has 0 saturated carbocycles. The van der Waals surface area contributed by atoms with Gasteiger partial charge in [-0.1, -0.05) is 80.5 Å². The molecule has 0 aliphatic heterocycles. The number of pyridine rings is 1. The standard InChI is InChI=1S/C25H38FNO2S.C2H6/c1-16(2)23-19(14-28)22(18-12-10-11-13-21(18)26)20(24(27-23)17(3)4)15-29-30(8,9)25(5,6)7;1-2/h10-13,16-17,28H,14-15H2,1-9H3;1-2H3. The van der Waals surface area contributed by atoms with Crippen molar-refractivity contribution in [1.29, 1.82) is 0 Å². The van der Waals surface area contributed by atoms with Crippen molar-refractivity contribution in [3.8, 4) is 11.1 Å². The quantitative estimate of drug-likeness (QED) is 0.451. The molecule has 0 atom stereocenters. The fourth-order valence-corrected chi connectivity index (χ4v) is 4.10. The normalized spacial score (nSPS) is 12.7. The van der Waals surface area contributed by atoms with E-state index in [0.29, 0.717) is 17.7 Å². The van der Waals surface area contributed by atoms with Crippen LogP contribution in [0.1, 0.15) is 96.7 Å². The molecule has 2 aromatic rings. The molecular weight excluding hydrogens is 421 g/mol. The van der Waals surface area contributed by atoms with E-state index in [9.17, 15) is 9.50 Å². The molecule has 1 N–H and O–H groups in total. The Morgan fingerprint density at radius 1 is 0.969 bits per heavy atom. The van der Waals surface area contributed by atoms with Crippen molar-refractivity contribution in [3.63, 3.8) is 0 Å². The molecule has 5 heteroatoms. The van der Waals surface area contributed by atoms with Crippen molar-refractivity contribution < 1.29 is 13.7 Å². The Bertz CT molecular complexity index is 886. The first-order chi connectivity index (χ1) is 14.8. The van der Waals surface area contributed by atoms with Gasteiger partial charge in [0, 0.05) is 32.8 Å². The first-order valence-corrected chi connectivity index (χ1v) is 14.0. The first kappa shape index (κ1) is 28.6. The lowest BCUT2D eigenvalue weighted by Crippen LogP contribution is -2.25. The van der Waals surface area contributed by atoms with Crippen LogP contribution in [0.5, 0.6) is 0 Å². The zero-order chi connectivity index (χ0) is 24.9. The Morgan fingerprint density at radius 3 is 1.91 bits per heavy atom. The minimum absolute atomic E-state index is 0.00820. The SMILES string of the molecule is CC.CC(C)c1nc(C(C)C)c(COS(C)(C)C(C)(C)C)c(-c2ccccc2F)c1CO. The highest BCUT2D eigenvalue weighted by Gasteiger charge is 2.31. The second-order valence-electron chi connectivity index (χ2n) is 9.77. The van der Waals surface area contributed by atoms with Gasteiger partial charge in [0.25, 0.3) is 0 Å². The summed E-state index contributed by atoms with van der Waals surface area (Å²) in [6, 6.07) is 6.77. The van der Waals surface area contributed by atoms with Gasteiger partial charge in [0.15, 0.2) is 0 Å². The van der Waals surface area contributed by atoms with Crippen LogP contribution in [-0.2, 0) is 17.4 Å². The van der Waals surface area contributed by atoms with Crippen molar-refractivity contribution >= 4 is 10.3 Å². The molecule has 0 fully saturated rings. The number of aliphatic hydroxyl groups excluding tert-OH is 1. The summed E-state index contributed by atoms with van der Waals surface area (Å²) in [5.74, 6) is -0.0413. The molecule has 0 spiro atoms. The summed E-state index contributed by atoms with van der Waals surface area (Å²) in [5, 5.41) is 10.3. The fraction of sp³-hybridized carbons (Fsp3) is 0.593. The van der Waals surface area contributed by atoms with Crippen molar-refractivity contribution in [2.45, 2.75) is 92.1 Å². The van der Waals surface area contributed by atoms with E-state index in [1.165, 1.54) is 6.07 Å². The van der Waals surface area contributed by atoms with E-state index in [1.54, 1.807) is 12.1 Å². The van der Waals surface area contributed by atoms with E-state index in [4.69, 9.17) is 9.17 Å². The maximum Gasteiger partial charge on any atom is 0.131 e. The number of aliphatic hydroxyl groups is 1. The van der Waals surface area contributed by atoms with Crippen molar-refractivity contribution in [1.82, 2.24) is 4.98 Å². The minimum Gasteiger partial charge on any atom is -0.392 e. The molecule has 0 amide bonds. The van der Waals surface area contributed by atoms with Crippen LogP contribution in [0.15, 0.2) is 24.3 Å². The predicted molar refractivity (Wildman–Crippen MR) is 139 cm³/mol. The summed E-state index contributed by atoms with van der Waals surface area (Å²) in [5.41, 5.74) is 4.55. The summed E-state index contributed by atoms with van der Waals surface area (Å²) in [6.07, 6.45) is 4.32. The van der Waals surface area contributed by atoms with Crippen LogP contribution in [0.4, 0.5) is 4.39 Å². The van der Waals surface area contributed by atoms with E-state index in [2.05, 4.69) is 61.0 Å². The van der Waals surface area contributed by atoms with Crippen LogP contribution >= 0.6 is 10.3 Å². The van der Waals surface area contributed by atoms with Gasteiger partial charge in [-0.25, -0.2) is 4.39 Å². The molecule has 2 rings (SSSR count). The third-order valence-corrected chi connectivity index (χ3v) is 9.49. The number of hydrogen-bond donors (Lipinski definition) is 1. The van der Waals surface area contributed by atoms with E-state index < -0.39 is 10.3 Å². The van der Waals surface area contributed by atoms with Gasteiger partial charge in [-0.05, 0) is 36.0 Å². The molecular formula is C27H44FNO2S. The molecule has 1 aromatic heterocycles. The lowest BCUT2D eigenvalue weighted by atomic mass is 9.87. The van der Waals surface area contributed by atoms with Crippen LogP contribution in [0.25, 0.3) is 11.1 Å². The van der Waals surface area contributed by atoms with Crippen molar-refractivity contribution in [2.75, 3.05) is 12.5 Å². The minimum atomic E-state index is -1.38. The average molecular weight is 466 g/mol. The zero-order valence-corrected chi connectivity index (χ0v) is 22.8. The molecule has 0 radical (unpaired) electrons. The molecule has 182 valence electrons. The second kappa shape index (κ2) is 11.6. The third-order valence-electron chi connectivity index (χ3n) is 5.83. The Hall–Kier alpha value is -1.43. The van der Waals surface area contributed by atoms with Crippen LogP contribution in [0.3, 0.4) is 0 Å². The number of benzene rings is 1. The summed E-state index contributed by atoms with van der Waals surface area (Å²) < 4.78 is 21.5. The fourth-order valence-electron chi connectivity index (χ4n) is 3.34. The number of nitrogens with zero attached hydrogens (tertiary/aromatic N) is 1. The van der Waals surface area contributed by atoms with Gasteiger partial charge >= 0.3 is 0 Å². The van der Waals surface area contributed by atoms with Crippen LogP contribution in [0.2, 0.25) is 0 Å². The maximum absolute atomic E-state index is 15.0. The third kappa shape index (κ3) is 6.33. The molecule has 3 nitrogen and oxygen atoms in total. The van der Waals surface area contributed by atoms with E-state index in [1.807, 2.05) is 19.9 Å². The molecule has 0 saturated heterocycles. The second-order valence-corrected chi connectivity index (χ2v) is 13.7. The van der Waals surface area contributed by atoms with Gasteiger partial charge < -0.3 is 9.29 Å². The van der Waals surface area contributed by atoms with Crippen LogP contribution in [-0.4, -0.2) is 27.3 Å². The summed E-state index contributed by atoms with van der Waals surface area (Å²) in [6.45, 7) is 19.0. The van der Waals surface area contributed by atoms with Gasteiger partial charge in [0.2, 0.25) is 0 Å². The number of hydrogen-bond acceptors (Lipinski definition) is 3. The Labute approximate surface area is 197 Å². The average Bonchev–Trinajstić information content (AvgIpc) is 2.72. The van der Waals surface area contributed by atoms with Gasteiger partial charge in [0.1, 0.15) is 5.82 Å². The van der Waals surface area contributed by atoms with E-state index in [0.717, 1.165) is 22.5 Å². The van der Waals surface area contributed by atoms with Crippen molar-refractivity contribution in [3.05, 3.63) is 52.6 Å². The molecule has 0 bridgehead atoms. The molecule has 0 unspecified atom stereocenters. The number of halogens is 1. The van der Waals surface area contributed by atoms with Gasteiger partial charge in [-0.15, -0.1) is 10.3 Å². The smallest absolute Gasteiger partial charge is 0.131 e. The summed E-state index contributed by atoms with van der Waals surface area (Å²) in [4.78, 5) is 4.97.